The third-order valence-electron chi connectivity index (χ3n) is 5.73. The molecule has 27 heavy (non-hydrogen) atoms. The number of aromatic nitrogens is 2. The molecular weight excluding hydrogens is 366 g/mol. The van der Waals surface area contributed by atoms with E-state index < -0.39 is 10.2 Å². The summed E-state index contributed by atoms with van der Waals surface area (Å²) in [4.78, 5) is 6.62. The zero-order valence-corrected chi connectivity index (χ0v) is 17.5. The molecule has 1 aliphatic heterocycles. The molecule has 9 heteroatoms. The van der Waals surface area contributed by atoms with E-state index in [1.807, 2.05) is 0 Å². The Morgan fingerprint density at radius 1 is 1.15 bits per heavy atom. The SMILES string of the molecule is CCCCc1noc(CN2CCN(S(=O)(=O)N(C)C3CCCCC3)CC2)n1. The van der Waals surface area contributed by atoms with Gasteiger partial charge in [-0.25, -0.2) is 0 Å². The normalized spacial score (nSPS) is 21.1. The molecule has 1 aliphatic carbocycles. The lowest BCUT2D eigenvalue weighted by molar-refractivity contribution is 0.155. The Labute approximate surface area is 163 Å². The van der Waals surface area contributed by atoms with Gasteiger partial charge >= 0.3 is 0 Å². The summed E-state index contributed by atoms with van der Waals surface area (Å²) in [6, 6.07) is 0.154. The number of piperazine rings is 1. The molecule has 3 rings (SSSR count). The zero-order valence-electron chi connectivity index (χ0n) is 16.6. The van der Waals surface area contributed by atoms with Gasteiger partial charge in [0, 0.05) is 45.7 Å². The van der Waals surface area contributed by atoms with Crippen LogP contribution in [-0.4, -0.2) is 71.3 Å². The Morgan fingerprint density at radius 3 is 2.52 bits per heavy atom. The smallest absolute Gasteiger partial charge is 0.282 e. The maximum Gasteiger partial charge on any atom is 0.282 e. The van der Waals surface area contributed by atoms with Gasteiger partial charge in [-0.3, -0.25) is 4.90 Å². The van der Waals surface area contributed by atoms with Crippen LogP contribution in [-0.2, 0) is 23.2 Å². The van der Waals surface area contributed by atoms with Crippen molar-refractivity contribution in [1.29, 1.82) is 0 Å². The van der Waals surface area contributed by atoms with E-state index in [0.29, 0.717) is 38.6 Å². The van der Waals surface area contributed by atoms with E-state index in [2.05, 4.69) is 22.0 Å². The van der Waals surface area contributed by atoms with Gasteiger partial charge in [0.15, 0.2) is 5.82 Å². The molecule has 0 radical (unpaired) electrons. The van der Waals surface area contributed by atoms with E-state index in [-0.39, 0.29) is 6.04 Å². The predicted octanol–water partition coefficient (Wildman–Crippen LogP) is 2.04. The summed E-state index contributed by atoms with van der Waals surface area (Å²) in [6.07, 6.45) is 8.45. The molecule has 1 saturated carbocycles. The van der Waals surface area contributed by atoms with Gasteiger partial charge in [0.05, 0.1) is 6.54 Å². The van der Waals surface area contributed by atoms with Crippen molar-refractivity contribution in [3.8, 4) is 0 Å². The van der Waals surface area contributed by atoms with Crippen molar-refractivity contribution in [2.24, 2.45) is 0 Å². The van der Waals surface area contributed by atoms with Gasteiger partial charge in [0.25, 0.3) is 10.2 Å². The summed E-state index contributed by atoms with van der Waals surface area (Å²) in [6.45, 7) is 5.12. The van der Waals surface area contributed by atoms with Gasteiger partial charge < -0.3 is 4.52 Å². The van der Waals surface area contributed by atoms with Crippen molar-refractivity contribution in [3.05, 3.63) is 11.7 Å². The van der Waals surface area contributed by atoms with Crippen molar-refractivity contribution >= 4 is 10.2 Å². The summed E-state index contributed by atoms with van der Waals surface area (Å²) in [7, 11) is -1.63. The average Bonchev–Trinajstić information content (AvgIpc) is 3.14. The fourth-order valence-electron chi connectivity index (χ4n) is 3.92. The van der Waals surface area contributed by atoms with Crippen LogP contribution in [0.1, 0.15) is 63.6 Å². The van der Waals surface area contributed by atoms with E-state index in [0.717, 1.165) is 50.8 Å². The molecule has 154 valence electrons. The van der Waals surface area contributed by atoms with Crippen LogP contribution in [0.15, 0.2) is 4.52 Å². The van der Waals surface area contributed by atoms with Crippen LogP contribution in [0.3, 0.4) is 0 Å². The first-order valence-electron chi connectivity index (χ1n) is 10.3. The molecular formula is C18H33N5O3S. The van der Waals surface area contributed by atoms with Crippen molar-refractivity contribution in [3.63, 3.8) is 0 Å². The van der Waals surface area contributed by atoms with Gasteiger partial charge in [0.2, 0.25) is 5.89 Å². The van der Waals surface area contributed by atoms with Crippen LogP contribution in [0.2, 0.25) is 0 Å². The Bertz CT molecular complexity index is 679. The van der Waals surface area contributed by atoms with Gasteiger partial charge in [0.1, 0.15) is 0 Å². The minimum absolute atomic E-state index is 0.154. The second-order valence-corrected chi connectivity index (χ2v) is 9.69. The summed E-state index contributed by atoms with van der Waals surface area (Å²) in [5.74, 6) is 1.39. The van der Waals surface area contributed by atoms with Gasteiger partial charge in [-0.2, -0.15) is 22.0 Å². The van der Waals surface area contributed by atoms with Crippen LogP contribution < -0.4 is 0 Å². The van der Waals surface area contributed by atoms with E-state index in [4.69, 9.17) is 4.52 Å². The van der Waals surface area contributed by atoms with Crippen molar-refractivity contribution in [2.75, 3.05) is 33.2 Å². The van der Waals surface area contributed by atoms with E-state index in [9.17, 15) is 8.42 Å². The molecule has 0 spiro atoms. The van der Waals surface area contributed by atoms with Crippen molar-refractivity contribution in [2.45, 2.75) is 70.9 Å². The quantitative estimate of drug-likeness (QED) is 0.665. The second kappa shape index (κ2) is 9.45. The van der Waals surface area contributed by atoms with Crippen LogP contribution in [0.25, 0.3) is 0 Å². The standard InChI is InChI=1S/C18H33N5O3S/c1-3-4-10-17-19-18(26-20-17)15-22-11-13-23(14-12-22)27(24,25)21(2)16-8-6-5-7-9-16/h16H,3-15H2,1-2H3. The van der Waals surface area contributed by atoms with E-state index in [1.165, 1.54) is 6.42 Å². The number of rotatable bonds is 8. The highest BCUT2D eigenvalue weighted by Crippen LogP contribution is 2.25. The lowest BCUT2D eigenvalue weighted by Crippen LogP contribution is -2.54. The molecule has 2 aliphatic rings. The van der Waals surface area contributed by atoms with Gasteiger partial charge in [-0.1, -0.05) is 37.8 Å². The fraction of sp³-hybridized carbons (Fsp3) is 0.889. The first kappa shape index (κ1) is 20.7. The Kier molecular flexibility index (Phi) is 7.24. The molecule has 2 heterocycles. The van der Waals surface area contributed by atoms with E-state index >= 15 is 0 Å². The zero-order chi connectivity index (χ0) is 19.3. The first-order valence-corrected chi connectivity index (χ1v) is 11.7. The molecule has 0 aromatic carbocycles. The summed E-state index contributed by atoms with van der Waals surface area (Å²) in [5, 5.41) is 4.02. The molecule has 1 aromatic heterocycles. The van der Waals surface area contributed by atoms with Crippen LogP contribution >= 0.6 is 0 Å². The molecule has 0 N–H and O–H groups in total. The number of hydrogen-bond donors (Lipinski definition) is 0. The summed E-state index contributed by atoms with van der Waals surface area (Å²) < 4.78 is 34.5. The topological polar surface area (TPSA) is 82.8 Å². The highest BCUT2D eigenvalue weighted by atomic mass is 32.2. The predicted molar refractivity (Wildman–Crippen MR) is 103 cm³/mol. The third kappa shape index (κ3) is 5.28. The molecule has 0 atom stereocenters. The second-order valence-electron chi connectivity index (χ2n) is 7.70. The summed E-state index contributed by atoms with van der Waals surface area (Å²) in [5.41, 5.74) is 0. The number of unbranched alkanes of at least 4 members (excludes halogenated alkanes) is 1. The van der Waals surface area contributed by atoms with Gasteiger partial charge in [-0.15, -0.1) is 0 Å². The van der Waals surface area contributed by atoms with Gasteiger partial charge in [-0.05, 0) is 19.3 Å². The van der Waals surface area contributed by atoms with E-state index in [1.54, 1.807) is 15.7 Å². The van der Waals surface area contributed by atoms with Crippen molar-refractivity contribution < 1.29 is 12.9 Å². The fourth-order valence-corrected chi connectivity index (χ4v) is 5.49. The number of nitrogens with zero attached hydrogens (tertiary/aromatic N) is 5. The monoisotopic (exact) mass is 399 g/mol. The maximum absolute atomic E-state index is 12.9. The summed E-state index contributed by atoms with van der Waals surface area (Å²) >= 11 is 0. The lowest BCUT2D eigenvalue weighted by atomic mass is 9.96. The molecule has 1 aromatic rings. The molecule has 0 unspecified atom stereocenters. The minimum atomic E-state index is -3.38. The van der Waals surface area contributed by atoms with Crippen LogP contribution in [0, 0.1) is 0 Å². The molecule has 8 nitrogen and oxygen atoms in total. The Morgan fingerprint density at radius 2 is 1.85 bits per heavy atom. The lowest BCUT2D eigenvalue weighted by Gasteiger charge is -2.38. The third-order valence-corrected chi connectivity index (χ3v) is 7.78. The largest absolute Gasteiger partial charge is 0.338 e. The minimum Gasteiger partial charge on any atom is -0.338 e. The number of aryl methyl sites for hydroxylation is 1. The van der Waals surface area contributed by atoms with Crippen LogP contribution in [0.5, 0.6) is 0 Å². The highest BCUT2D eigenvalue weighted by Gasteiger charge is 2.34. The Balaban J connectivity index is 1.49. The molecule has 1 saturated heterocycles. The Hall–Kier alpha value is -1.03. The highest BCUT2D eigenvalue weighted by molar-refractivity contribution is 7.86. The van der Waals surface area contributed by atoms with Crippen LogP contribution in [0.4, 0.5) is 0 Å². The molecule has 2 fully saturated rings. The maximum atomic E-state index is 12.9. The molecule has 0 bridgehead atoms. The average molecular weight is 400 g/mol. The number of hydrogen-bond acceptors (Lipinski definition) is 6. The van der Waals surface area contributed by atoms with Crippen molar-refractivity contribution in [1.82, 2.24) is 23.7 Å². The molecule has 0 amide bonds. The first-order chi connectivity index (χ1) is 13.0.